The standard InChI is InChI=1S/C21H40O3.2C2H4O2/c1-3-4-5-6-7-8-9-10-11-12-13-14-15-16-17-18-19-21(23)24-20(2)22;2*1-2(3)4/h3-19H2,1-2H3;2*1H3,(H,3,4). The highest BCUT2D eigenvalue weighted by Crippen LogP contribution is 2.14. The maximum atomic E-state index is 11.2. The number of hydrogen-bond donors (Lipinski definition) is 2. The van der Waals surface area contributed by atoms with Crippen LogP contribution in [0.5, 0.6) is 0 Å². The maximum Gasteiger partial charge on any atom is 0.313 e. The van der Waals surface area contributed by atoms with Crippen LogP contribution < -0.4 is 0 Å². The molecule has 190 valence electrons. The molecular formula is C25H48O7. The first-order valence-electron chi connectivity index (χ1n) is 12.2. The largest absolute Gasteiger partial charge is 0.481 e. The molecule has 0 aliphatic rings. The van der Waals surface area contributed by atoms with Gasteiger partial charge in [0.1, 0.15) is 0 Å². The normalized spacial score (nSPS) is 9.62. The van der Waals surface area contributed by atoms with Crippen LogP contribution in [0.4, 0.5) is 0 Å². The SMILES string of the molecule is CC(=O)O.CC(=O)O.CCCCCCCCCCCCCCCCCCC(=O)OC(C)=O. The number of carboxylic acids is 2. The van der Waals surface area contributed by atoms with E-state index < -0.39 is 17.9 Å². The molecule has 32 heavy (non-hydrogen) atoms. The van der Waals surface area contributed by atoms with Gasteiger partial charge in [0.05, 0.1) is 0 Å². The lowest BCUT2D eigenvalue weighted by Crippen LogP contribution is -2.08. The fourth-order valence-electron chi connectivity index (χ4n) is 3.03. The molecule has 0 aliphatic carbocycles. The zero-order chi connectivity index (χ0) is 25.0. The molecular weight excluding hydrogens is 412 g/mol. The number of rotatable bonds is 17. The second-order valence-corrected chi connectivity index (χ2v) is 8.06. The minimum absolute atomic E-state index is 0.373. The van der Waals surface area contributed by atoms with E-state index in [9.17, 15) is 9.59 Å². The van der Waals surface area contributed by atoms with E-state index >= 15 is 0 Å². The van der Waals surface area contributed by atoms with Crippen LogP contribution in [0.1, 0.15) is 137 Å². The highest BCUT2D eigenvalue weighted by Gasteiger charge is 2.04. The average molecular weight is 461 g/mol. The van der Waals surface area contributed by atoms with Crippen molar-refractivity contribution in [1.29, 1.82) is 0 Å². The third kappa shape index (κ3) is 51.1. The van der Waals surface area contributed by atoms with Gasteiger partial charge in [-0.3, -0.25) is 19.2 Å². The van der Waals surface area contributed by atoms with Crippen LogP contribution in [0.2, 0.25) is 0 Å². The van der Waals surface area contributed by atoms with E-state index in [0.717, 1.165) is 26.7 Å². The monoisotopic (exact) mass is 460 g/mol. The number of aliphatic carboxylic acids is 2. The zero-order valence-electron chi connectivity index (χ0n) is 21.0. The van der Waals surface area contributed by atoms with Crippen molar-refractivity contribution in [3.05, 3.63) is 0 Å². The lowest BCUT2D eigenvalue weighted by Gasteiger charge is -2.03. The van der Waals surface area contributed by atoms with Gasteiger partial charge < -0.3 is 14.9 Å². The first kappa shape index (κ1) is 34.7. The molecule has 0 radical (unpaired) electrons. The smallest absolute Gasteiger partial charge is 0.313 e. The molecule has 2 N–H and O–H groups in total. The van der Waals surface area contributed by atoms with Crippen molar-refractivity contribution in [2.45, 2.75) is 137 Å². The van der Waals surface area contributed by atoms with Crippen LogP contribution in [0.25, 0.3) is 0 Å². The summed E-state index contributed by atoms with van der Waals surface area (Å²) in [5.41, 5.74) is 0. The fourth-order valence-corrected chi connectivity index (χ4v) is 3.03. The van der Waals surface area contributed by atoms with Gasteiger partial charge in [0.25, 0.3) is 11.9 Å². The van der Waals surface area contributed by atoms with E-state index in [4.69, 9.17) is 19.8 Å². The quantitative estimate of drug-likeness (QED) is 0.137. The number of unbranched alkanes of at least 4 members (excludes halogenated alkanes) is 15. The van der Waals surface area contributed by atoms with Crippen LogP contribution >= 0.6 is 0 Å². The minimum atomic E-state index is -0.833. The van der Waals surface area contributed by atoms with Gasteiger partial charge in [-0.2, -0.15) is 0 Å². The molecule has 0 aromatic rings. The molecule has 0 bridgehead atoms. The van der Waals surface area contributed by atoms with E-state index in [1.807, 2.05) is 0 Å². The van der Waals surface area contributed by atoms with Crippen molar-refractivity contribution in [3.8, 4) is 0 Å². The molecule has 0 saturated heterocycles. The predicted molar refractivity (Wildman–Crippen MR) is 128 cm³/mol. The zero-order valence-corrected chi connectivity index (χ0v) is 21.0. The van der Waals surface area contributed by atoms with Crippen molar-refractivity contribution in [1.82, 2.24) is 0 Å². The Morgan fingerprint density at radius 1 is 0.531 bits per heavy atom. The highest BCUT2D eigenvalue weighted by atomic mass is 16.6. The van der Waals surface area contributed by atoms with E-state index in [0.29, 0.717) is 6.42 Å². The van der Waals surface area contributed by atoms with Gasteiger partial charge in [0, 0.05) is 27.2 Å². The molecule has 0 atom stereocenters. The topological polar surface area (TPSA) is 118 Å². The summed E-state index contributed by atoms with van der Waals surface area (Å²) in [6.45, 7) is 5.71. The summed E-state index contributed by atoms with van der Waals surface area (Å²) in [4.78, 5) is 39.7. The number of ether oxygens (including phenoxy) is 1. The van der Waals surface area contributed by atoms with E-state index in [2.05, 4.69) is 11.7 Å². The third-order valence-electron chi connectivity index (χ3n) is 4.49. The predicted octanol–water partition coefficient (Wildman–Crippen LogP) is 6.91. The van der Waals surface area contributed by atoms with Gasteiger partial charge in [-0.05, 0) is 6.42 Å². The molecule has 0 fully saturated rings. The summed E-state index contributed by atoms with van der Waals surface area (Å²) in [5, 5.41) is 14.8. The van der Waals surface area contributed by atoms with Gasteiger partial charge in [-0.25, -0.2) is 0 Å². The lowest BCUT2D eigenvalue weighted by molar-refractivity contribution is -0.158. The Morgan fingerprint density at radius 3 is 1.03 bits per heavy atom. The van der Waals surface area contributed by atoms with E-state index in [1.54, 1.807) is 0 Å². The van der Waals surface area contributed by atoms with Crippen LogP contribution in [-0.4, -0.2) is 34.1 Å². The van der Waals surface area contributed by atoms with Crippen molar-refractivity contribution < 1.29 is 34.1 Å². The summed E-state index contributed by atoms with van der Waals surface area (Å²) in [5.74, 6) is -2.55. The van der Waals surface area contributed by atoms with Crippen LogP contribution in [0.3, 0.4) is 0 Å². The van der Waals surface area contributed by atoms with Crippen molar-refractivity contribution >= 4 is 23.9 Å². The molecule has 0 rings (SSSR count). The van der Waals surface area contributed by atoms with E-state index in [-0.39, 0.29) is 5.97 Å². The van der Waals surface area contributed by atoms with Crippen molar-refractivity contribution in [2.24, 2.45) is 0 Å². The van der Waals surface area contributed by atoms with Crippen LogP contribution in [0.15, 0.2) is 0 Å². The molecule has 0 aromatic carbocycles. The number of esters is 2. The Balaban J connectivity index is -0.000000896. The Hall–Kier alpha value is -1.92. The van der Waals surface area contributed by atoms with E-state index in [1.165, 1.54) is 96.8 Å². The second kappa shape index (κ2) is 29.1. The second-order valence-electron chi connectivity index (χ2n) is 8.06. The molecule has 7 heteroatoms. The average Bonchev–Trinajstić information content (AvgIpc) is 2.66. The number of carbonyl (C=O) groups is 4. The molecule has 0 saturated carbocycles. The van der Waals surface area contributed by atoms with Gasteiger partial charge in [-0.15, -0.1) is 0 Å². The van der Waals surface area contributed by atoms with Gasteiger partial charge in [-0.1, -0.05) is 103 Å². The van der Waals surface area contributed by atoms with Crippen molar-refractivity contribution in [2.75, 3.05) is 0 Å². The first-order chi connectivity index (χ1) is 15.1. The molecule has 0 heterocycles. The fraction of sp³-hybridized carbons (Fsp3) is 0.840. The molecule has 0 aromatic heterocycles. The Morgan fingerprint density at radius 2 is 0.781 bits per heavy atom. The van der Waals surface area contributed by atoms with Crippen LogP contribution in [0, 0.1) is 0 Å². The molecule has 0 spiro atoms. The Bertz CT molecular complexity index is 441. The summed E-state index contributed by atoms with van der Waals surface area (Å²) in [6, 6.07) is 0. The van der Waals surface area contributed by atoms with Crippen LogP contribution in [-0.2, 0) is 23.9 Å². The van der Waals surface area contributed by atoms with Gasteiger partial charge in [0.2, 0.25) is 0 Å². The Kier molecular flexibility index (Phi) is 31.5. The number of hydrogen-bond acceptors (Lipinski definition) is 5. The number of carbonyl (C=O) groups excluding carboxylic acids is 2. The maximum absolute atomic E-state index is 11.2. The molecule has 0 unspecified atom stereocenters. The summed E-state index contributed by atoms with van der Waals surface area (Å²) in [6.07, 6.45) is 21.4. The summed E-state index contributed by atoms with van der Waals surface area (Å²) < 4.78 is 4.50. The first-order valence-corrected chi connectivity index (χ1v) is 12.2. The van der Waals surface area contributed by atoms with Gasteiger partial charge in [0.15, 0.2) is 0 Å². The Labute approximate surface area is 195 Å². The van der Waals surface area contributed by atoms with Crippen molar-refractivity contribution in [3.63, 3.8) is 0 Å². The molecule has 0 aliphatic heterocycles. The minimum Gasteiger partial charge on any atom is -0.481 e. The highest BCUT2D eigenvalue weighted by molar-refractivity contribution is 5.83. The molecule has 0 amide bonds. The molecule has 7 nitrogen and oxygen atoms in total. The third-order valence-corrected chi connectivity index (χ3v) is 4.49. The summed E-state index contributed by atoms with van der Waals surface area (Å²) in [7, 11) is 0. The lowest BCUT2D eigenvalue weighted by atomic mass is 10.0. The number of carboxylic acid groups (broad SMARTS) is 2. The van der Waals surface area contributed by atoms with Gasteiger partial charge >= 0.3 is 11.9 Å². The summed E-state index contributed by atoms with van der Waals surface area (Å²) >= 11 is 0.